The number of carbonyl (C=O) groups is 1. The second-order valence-corrected chi connectivity index (χ2v) is 8.56. The van der Waals surface area contributed by atoms with Crippen molar-refractivity contribution in [2.45, 2.75) is 12.1 Å². The van der Waals surface area contributed by atoms with Crippen molar-refractivity contribution in [3.05, 3.63) is 109 Å². The maximum absolute atomic E-state index is 13.0. The molecule has 2 aromatic heterocycles. The van der Waals surface area contributed by atoms with Gasteiger partial charge in [0.15, 0.2) is 5.11 Å². The number of hydrogen-bond donors (Lipinski definition) is 2. The summed E-state index contributed by atoms with van der Waals surface area (Å²) in [6.07, 6.45) is 3.78. The van der Waals surface area contributed by atoms with Gasteiger partial charge in [-0.05, 0) is 72.9 Å². The third-order valence-electron chi connectivity index (χ3n) is 6.00. The first-order valence-corrected chi connectivity index (χ1v) is 11.7. The smallest absolute Gasteiger partial charge is 0.244 e. The molecule has 1 aliphatic rings. The molecule has 1 amide bonds. The van der Waals surface area contributed by atoms with Crippen molar-refractivity contribution in [1.29, 1.82) is 0 Å². The van der Waals surface area contributed by atoms with E-state index in [4.69, 9.17) is 17.0 Å². The molecule has 3 heterocycles. The molecule has 35 heavy (non-hydrogen) atoms. The Morgan fingerprint density at radius 1 is 1.03 bits per heavy atom. The van der Waals surface area contributed by atoms with Gasteiger partial charge < -0.3 is 24.8 Å². The van der Waals surface area contributed by atoms with Gasteiger partial charge in [0.05, 0.1) is 24.9 Å². The number of thiocarbonyl (C=S) groups is 1. The molecule has 2 atom stereocenters. The molecule has 7 nitrogen and oxygen atoms in total. The van der Waals surface area contributed by atoms with Gasteiger partial charge in [0.1, 0.15) is 12.3 Å². The number of nitrogens with zero attached hydrogens (tertiary/aromatic N) is 3. The molecule has 5 rings (SSSR count). The second kappa shape index (κ2) is 9.99. The zero-order valence-electron chi connectivity index (χ0n) is 19.2. The molecular weight excluding hydrogens is 458 g/mol. The average molecular weight is 484 g/mol. The van der Waals surface area contributed by atoms with Gasteiger partial charge in [0.25, 0.3) is 0 Å². The Labute approximate surface area is 209 Å². The summed E-state index contributed by atoms with van der Waals surface area (Å²) in [4.78, 5) is 19.5. The molecule has 2 N–H and O–H groups in total. The molecule has 2 aromatic carbocycles. The number of anilines is 1. The van der Waals surface area contributed by atoms with Crippen LogP contribution in [-0.4, -0.2) is 39.1 Å². The fourth-order valence-corrected chi connectivity index (χ4v) is 4.69. The lowest BCUT2D eigenvalue weighted by Gasteiger charge is -2.28. The number of para-hydroxylation sites is 1. The summed E-state index contributed by atoms with van der Waals surface area (Å²) in [6.45, 7) is 0.0997. The number of ether oxygens (including phenoxy) is 1. The first-order chi connectivity index (χ1) is 17.1. The van der Waals surface area contributed by atoms with Gasteiger partial charge in [0, 0.05) is 29.5 Å². The van der Waals surface area contributed by atoms with E-state index in [1.807, 2.05) is 90.0 Å². The third-order valence-corrected chi connectivity index (χ3v) is 6.36. The maximum atomic E-state index is 13.0. The Bertz CT molecular complexity index is 1310. The third kappa shape index (κ3) is 4.74. The molecular formula is C27H25N5O2S. The molecule has 176 valence electrons. The molecule has 1 fully saturated rings. The number of rotatable bonds is 7. The highest BCUT2D eigenvalue weighted by molar-refractivity contribution is 7.80. The summed E-state index contributed by atoms with van der Waals surface area (Å²) < 4.78 is 7.43. The number of nitrogens with one attached hydrogen (secondary N) is 2. The molecule has 0 unspecified atom stereocenters. The van der Waals surface area contributed by atoms with Crippen LogP contribution in [0.25, 0.3) is 5.69 Å². The molecule has 0 spiro atoms. The number of hydrogen-bond acceptors (Lipinski definition) is 4. The molecule has 0 radical (unpaired) electrons. The molecule has 1 aliphatic heterocycles. The zero-order valence-corrected chi connectivity index (χ0v) is 20.0. The zero-order chi connectivity index (χ0) is 24.2. The lowest BCUT2D eigenvalue weighted by molar-refractivity contribution is -0.116. The van der Waals surface area contributed by atoms with E-state index < -0.39 is 0 Å². The lowest BCUT2D eigenvalue weighted by atomic mass is 10.0. The molecule has 4 aromatic rings. The van der Waals surface area contributed by atoms with Crippen molar-refractivity contribution < 1.29 is 9.53 Å². The van der Waals surface area contributed by atoms with E-state index in [1.165, 1.54) is 0 Å². The van der Waals surface area contributed by atoms with Crippen LogP contribution in [0.3, 0.4) is 0 Å². The van der Waals surface area contributed by atoms with Crippen molar-refractivity contribution in [1.82, 2.24) is 19.8 Å². The number of benzene rings is 2. The topological polar surface area (TPSA) is 71.4 Å². The summed E-state index contributed by atoms with van der Waals surface area (Å²) in [5, 5.41) is 6.88. The van der Waals surface area contributed by atoms with Crippen molar-refractivity contribution in [3.63, 3.8) is 0 Å². The van der Waals surface area contributed by atoms with E-state index >= 15 is 0 Å². The fraction of sp³-hybridized carbons (Fsp3) is 0.148. The molecule has 8 heteroatoms. The van der Waals surface area contributed by atoms with E-state index in [-0.39, 0.29) is 24.5 Å². The minimum absolute atomic E-state index is 0.0997. The van der Waals surface area contributed by atoms with Crippen molar-refractivity contribution >= 4 is 28.9 Å². The summed E-state index contributed by atoms with van der Waals surface area (Å²) in [7, 11) is 1.65. The predicted octanol–water partition coefficient (Wildman–Crippen LogP) is 4.49. The Morgan fingerprint density at radius 2 is 1.80 bits per heavy atom. The van der Waals surface area contributed by atoms with E-state index in [2.05, 4.69) is 26.3 Å². The number of aromatic nitrogens is 2. The van der Waals surface area contributed by atoms with Gasteiger partial charge in [-0.15, -0.1) is 0 Å². The van der Waals surface area contributed by atoms with E-state index in [9.17, 15) is 4.79 Å². The van der Waals surface area contributed by atoms with E-state index in [1.54, 1.807) is 13.3 Å². The van der Waals surface area contributed by atoms with Crippen LogP contribution in [0.1, 0.15) is 23.5 Å². The van der Waals surface area contributed by atoms with Gasteiger partial charge in [-0.1, -0.05) is 24.3 Å². The van der Waals surface area contributed by atoms with Crippen molar-refractivity contribution in [3.8, 4) is 11.4 Å². The van der Waals surface area contributed by atoms with Crippen LogP contribution < -0.4 is 15.4 Å². The molecule has 0 aliphatic carbocycles. The monoisotopic (exact) mass is 483 g/mol. The number of amides is 1. The highest BCUT2D eigenvalue weighted by Gasteiger charge is 2.42. The maximum Gasteiger partial charge on any atom is 0.244 e. The highest BCUT2D eigenvalue weighted by atomic mass is 32.1. The van der Waals surface area contributed by atoms with Crippen molar-refractivity contribution in [2.24, 2.45) is 0 Å². The molecule has 0 bridgehead atoms. The summed E-state index contributed by atoms with van der Waals surface area (Å²) in [5.41, 5.74) is 3.58. The molecule has 1 saturated heterocycles. The highest BCUT2D eigenvalue weighted by Crippen LogP contribution is 2.39. The van der Waals surface area contributed by atoms with Crippen LogP contribution in [0.4, 0.5) is 5.69 Å². The normalized spacial score (nSPS) is 17.2. The van der Waals surface area contributed by atoms with Gasteiger partial charge in [0.2, 0.25) is 5.91 Å². The van der Waals surface area contributed by atoms with Crippen LogP contribution in [-0.2, 0) is 4.79 Å². The fourth-order valence-electron chi connectivity index (χ4n) is 4.39. The number of pyridine rings is 1. The SMILES string of the molecule is COc1ccc(-n2cccc2[C@H]2[C@@H](c3ccccn3)NC(=S)N2CC(=O)Nc2ccccc2)cc1. The summed E-state index contributed by atoms with van der Waals surface area (Å²) in [6, 6.07) is 26.7. The molecule has 0 saturated carbocycles. The quantitative estimate of drug-likeness (QED) is 0.378. The van der Waals surface area contributed by atoms with Gasteiger partial charge in [-0.3, -0.25) is 9.78 Å². The first-order valence-electron chi connectivity index (χ1n) is 11.3. The van der Waals surface area contributed by atoms with Crippen molar-refractivity contribution in [2.75, 3.05) is 19.0 Å². The minimum Gasteiger partial charge on any atom is -0.497 e. The minimum atomic E-state index is -0.254. The van der Waals surface area contributed by atoms with Crippen LogP contribution in [0.5, 0.6) is 5.75 Å². The number of carbonyl (C=O) groups excluding carboxylic acids is 1. The average Bonchev–Trinajstić information content (AvgIpc) is 3.50. The predicted molar refractivity (Wildman–Crippen MR) is 140 cm³/mol. The van der Waals surface area contributed by atoms with Gasteiger partial charge >= 0.3 is 0 Å². The Balaban J connectivity index is 1.50. The lowest BCUT2D eigenvalue weighted by Crippen LogP contribution is -2.37. The Kier molecular flexibility index (Phi) is 6.45. The first kappa shape index (κ1) is 22.6. The van der Waals surface area contributed by atoms with Crippen LogP contribution in [0, 0.1) is 0 Å². The van der Waals surface area contributed by atoms with Crippen LogP contribution in [0.2, 0.25) is 0 Å². The Morgan fingerprint density at radius 3 is 2.51 bits per heavy atom. The van der Waals surface area contributed by atoms with Crippen LogP contribution >= 0.6 is 12.2 Å². The standard InChI is InChI=1S/C27H25N5O2S/c1-34-21-14-12-20(13-15-21)31-17-7-11-23(31)26-25(22-10-5-6-16-28-22)30-27(35)32(26)18-24(33)29-19-8-3-2-4-9-19/h2-17,25-26H,18H2,1H3,(H,29,33)(H,30,35)/t25-,26+/m1/s1. The summed E-state index contributed by atoms with van der Waals surface area (Å²) >= 11 is 5.73. The largest absolute Gasteiger partial charge is 0.497 e. The van der Waals surface area contributed by atoms with E-state index in [0.29, 0.717) is 5.11 Å². The van der Waals surface area contributed by atoms with Gasteiger partial charge in [-0.25, -0.2) is 0 Å². The Hall–Kier alpha value is -4.17. The van der Waals surface area contributed by atoms with Gasteiger partial charge in [-0.2, -0.15) is 0 Å². The van der Waals surface area contributed by atoms with Crippen LogP contribution in [0.15, 0.2) is 97.3 Å². The second-order valence-electron chi connectivity index (χ2n) is 8.17. The number of methoxy groups -OCH3 is 1. The van der Waals surface area contributed by atoms with E-state index in [0.717, 1.165) is 28.5 Å². The summed E-state index contributed by atoms with van der Waals surface area (Å²) in [5.74, 6) is 0.645.